The average molecular weight is 302 g/mol. The van der Waals surface area contributed by atoms with Gasteiger partial charge < -0.3 is 10.2 Å². The van der Waals surface area contributed by atoms with Gasteiger partial charge in [0.25, 0.3) is 0 Å². The van der Waals surface area contributed by atoms with Gasteiger partial charge in [-0.05, 0) is 19.3 Å². The second-order valence-electron chi connectivity index (χ2n) is 5.64. The van der Waals surface area contributed by atoms with Gasteiger partial charge in [0, 0.05) is 19.0 Å². The van der Waals surface area contributed by atoms with Crippen molar-refractivity contribution < 1.29 is 18.0 Å². The van der Waals surface area contributed by atoms with Crippen molar-refractivity contribution in [1.82, 2.24) is 10.2 Å². The van der Waals surface area contributed by atoms with E-state index in [1.54, 1.807) is 4.90 Å². The van der Waals surface area contributed by atoms with E-state index in [4.69, 9.17) is 0 Å². The van der Waals surface area contributed by atoms with E-state index in [0.29, 0.717) is 25.8 Å². The Hall–Kier alpha value is -1.11. The van der Waals surface area contributed by atoms with Gasteiger partial charge in [0.1, 0.15) is 5.54 Å². The number of amides is 2. The Morgan fingerprint density at radius 3 is 2.45 bits per heavy atom. The molecule has 0 aromatic rings. The average Bonchev–Trinajstić information content (AvgIpc) is 2.70. The van der Waals surface area contributed by atoms with Crippen molar-refractivity contribution in [2.24, 2.45) is 0 Å². The summed E-state index contributed by atoms with van der Waals surface area (Å²) in [6.45, 7) is 4.06. The molecule has 2 aliphatic heterocycles. The molecule has 0 spiro atoms. The molecule has 2 heterocycles. The van der Waals surface area contributed by atoms with Crippen molar-refractivity contribution in [3.63, 3.8) is 0 Å². The zero-order chi connectivity index (χ0) is 15.0. The summed E-state index contributed by atoms with van der Waals surface area (Å²) < 4.78 is 23.2. The first-order chi connectivity index (χ1) is 9.33. The maximum absolute atomic E-state index is 12.8. The molecule has 1 unspecified atom stereocenters. The summed E-state index contributed by atoms with van der Waals surface area (Å²) in [7, 11) is -3.04. The molecule has 0 saturated carbocycles. The number of nitrogens with one attached hydrogen (secondary N) is 1. The molecule has 0 aromatic carbocycles. The SMILES string of the molecule is CCC1(CC)NC(=O)CCN(C2CCS(=O)(=O)C2)C1=O. The first-order valence-corrected chi connectivity index (χ1v) is 8.98. The summed E-state index contributed by atoms with van der Waals surface area (Å²) in [5.74, 6) is -0.106. The smallest absolute Gasteiger partial charge is 0.248 e. The maximum atomic E-state index is 12.8. The first-order valence-electron chi connectivity index (χ1n) is 7.16. The molecule has 2 fully saturated rings. The Morgan fingerprint density at radius 2 is 1.95 bits per heavy atom. The van der Waals surface area contributed by atoms with Crippen molar-refractivity contribution in [3.8, 4) is 0 Å². The molecule has 1 N–H and O–H groups in total. The van der Waals surface area contributed by atoms with E-state index >= 15 is 0 Å². The quantitative estimate of drug-likeness (QED) is 0.800. The van der Waals surface area contributed by atoms with E-state index in [0.717, 1.165) is 0 Å². The van der Waals surface area contributed by atoms with Gasteiger partial charge in [-0.3, -0.25) is 9.59 Å². The summed E-state index contributed by atoms with van der Waals surface area (Å²) in [5, 5.41) is 2.84. The van der Waals surface area contributed by atoms with E-state index in [9.17, 15) is 18.0 Å². The topological polar surface area (TPSA) is 83.6 Å². The van der Waals surface area contributed by atoms with Gasteiger partial charge in [-0.25, -0.2) is 8.42 Å². The second kappa shape index (κ2) is 5.35. The zero-order valence-corrected chi connectivity index (χ0v) is 12.8. The summed E-state index contributed by atoms with van der Waals surface area (Å²) in [6, 6.07) is -0.280. The van der Waals surface area contributed by atoms with Crippen LogP contribution in [0, 0.1) is 0 Å². The van der Waals surface area contributed by atoms with E-state index in [2.05, 4.69) is 5.32 Å². The summed E-state index contributed by atoms with van der Waals surface area (Å²) in [4.78, 5) is 26.3. The number of sulfone groups is 1. The van der Waals surface area contributed by atoms with E-state index in [1.165, 1.54) is 0 Å². The predicted molar refractivity (Wildman–Crippen MR) is 74.8 cm³/mol. The van der Waals surface area contributed by atoms with E-state index in [-0.39, 0.29) is 35.8 Å². The van der Waals surface area contributed by atoms with Gasteiger partial charge in [-0.1, -0.05) is 13.8 Å². The van der Waals surface area contributed by atoms with Gasteiger partial charge >= 0.3 is 0 Å². The minimum absolute atomic E-state index is 0.0242. The molecule has 114 valence electrons. The molecule has 2 amide bonds. The fourth-order valence-corrected chi connectivity index (χ4v) is 4.81. The van der Waals surface area contributed by atoms with Crippen LogP contribution in [0.15, 0.2) is 0 Å². The fraction of sp³-hybridized carbons (Fsp3) is 0.846. The molecule has 2 aliphatic rings. The van der Waals surface area contributed by atoms with Crippen molar-refractivity contribution in [2.45, 2.75) is 51.1 Å². The summed E-state index contributed by atoms with van der Waals surface area (Å²) >= 11 is 0. The van der Waals surface area contributed by atoms with Gasteiger partial charge in [-0.2, -0.15) is 0 Å². The molecule has 0 aromatic heterocycles. The normalized spacial score (nSPS) is 29.1. The fourth-order valence-electron chi connectivity index (χ4n) is 3.08. The Morgan fingerprint density at radius 1 is 1.30 bits per heavy atom. The molecule has 2 rings (SSSR count). The number of rotatable bonds is 3. The third kappa shape index (κ3) is 2.68. The first kappa shape index (κ1) is 15.3. The highest BCUT2D eigenvalue weighted by atomic mass is 32.2. The molecule has 1 atom stereocenters. The van der Waals surface area contributed by atoms with E-state index < -0.39 is 15.4 Å². The Balaban J connectivity index is 2.29. The lowest BCUT2D eigenvalue weighted by molar-refractivity contribution is -0.140. The highest BCUT2D eigenvalue weighted by Crippen LogP contribution is 2.27. The lowest BCUT2D eigenvalue weighted by Crippen LogP contribution is -2.58. The summed E-state index contributed by atoms with van der Waals surface area (Å²) in [6.07, 6.45) is 1.75. The predicted octanol–water partition coefficient (Wildman–Crippen LogP) is 0.0808. The van der Waals surface area contributed by atoms with Crippen LogP contribution in [0.25, 0.3) is 0 Å². The van der Waals surface area contributed by atoms with Crippen LogP contribution in [0.1, 0.15) is 39.5 Å². The number of carbonyl (C=O) groups excluding carboxylic acids is 2. The molecular weight excluding hydrogens is 280 g/mol. The van der Waals surface area contributed by atoms with Crippen LogP contribution in [0.3, 0.4) is 0 Å². The molecule has 0 bridgehead atoms. The van der Waals surface area contributed by atoms with Crippen LogP contribution in [-0.4, -0.2) is 54.8 Å². The Labute approximate surface area is 119 Å². The van der Waals surface area contributed by atoms with Crippen molar-refractivity contribution in [2.75, 3.05) is 18.1 Å². The second-order valence-corrected chi connectivity index (χ2v) is 7.87. The number of hydrogen-bond donors (Lipinski definition) is 1. The molecule has 2 saturated heterocycles. The van der Waals surface area contributed by atoms with Crippen molar-refractivity contribution in [1.29, 1.82) is 0 Å². The van der Waals surface area contributed by atoms with Crippen molar-refractivity contribution in [3.05, 3.63) is 0 Å². The largest absolute Gasteiger partial charge is 0.342 e. The highest BCUT2D eigenvalue weighted by molar-refractivity contribution is 7.91. The number of hydrogen-bond acceptors (Lipinski definition) is 4. The minimum Gasteiger partial charge on any atom is -0.342 e. The minimum atomic E-state index is -3.04. The van der Waals surface area contributed by atoms with E-state index in [1.807, 2.05) is 13.8 Å². The van der Waals surface area contributed by atoms with Crippen LogP contribution in [0.2, 0.25) is 0 Å². The van der Waals surface area contributed by atoms with Crippen LogP contribution in [0.5, 0.6) is 0 Å². The molecule has 0 radical (unpaired) electrons. The highest BCUT2D eigenvalue weighted by Gasteiger charge is 2.45. The molecular formula is C13H22N2O4S. The third-order valence-electron chi connectivity index (χ3n) is 4.48. The van der Waals surface area contributed by atoms with Crippen LogP contribution >= 0.6 is 0 Å². The molecule has 0 aliphatic carbocycles. The molecule has 6 nitrogen and oxygen atoms in total. The third-order valence-corrected chi connectivity index (χ3v) is 6.24. The van der Waals surface area contributed by atoms with Crippen molar-refractivity contribution >= 4 is 21.7 Å². The van der Waals surface area contributed by atoms with Gasteiger partial charge in [0.15, 0.2) is 9.84 Å². The lowest BCUT2D eigenvalue weighted by Gasteiger charge is -2.36. The van der Waals surface area contributed by atoms with Gasteiger partial charge in [0.2, 0.25) is 11.8 Å². The lowest BCUT2D eigenvalue weighted by atomic mass is 9.90. The Bertz CT molecular complexity index is 510. The standard InChI is InChI=1S/C13H22N2O4S/c1-3-13(4-2)12(17)15(7-5-11(16)14-13)10-6-8-20(18,19)9-10/h10H,3-9H2,1-2H3,(H,14,16). The molecule has 20 heavy (non-hydrogen) atoms. The monoisotopic (exact) mass is 302 g/mol. The van der Waals surface area contributed by atoms with Gasteiger partial charge in [-0.15, -0.1) is 0 Å². The molecule has 7 heteroatoms. The summed E-state index contributed by atoms with van der Waals surface area (Å²) in [5.41, 5.74) is -0.875. The maximum Gasteiger partial charge on any atom is 0.248 e. The Kier molecular flexibility index (Phi) is 4.09. The van der Waals surface area contributed by atoms with Gasteiger partial charge in [0.05, 0.1) is 11.5 Å². The number of carbonyl (C=O) groups is 2. The van der Waals surface area contributed by atoms with Crippen LogP contribution < -0.4 is 5.32 Å². The zero-order valence-electron chi connectivity index (χ0n) is 12.0. The van der Waals surface area contributed by atoms with Crippen LogP contribution in [-0.2, 0) is 19.4 Å². The van der Waals surface area contributed by atoms with Crippen LogP contribution in [0.4, 0.5) is 0 Å². The number of nitrogens with zero attached hydrogens (tertiary/aromatic N) is 1.